The Morgan fingerprint density at radius 2 is 2.22 bits per heavy atom. The molecule has 7 heteroatoms. The van der Waals surface area contributed by atoms with Gasteiger partial charge in [0.1, 0.15) is 11.8 Å². The van der Waals surface area contributed by atoms with E-state index in [0.29, 0.717) is 28.6 Å². The number of benzene rings is 1. The highest BCUT2D eigenvalue weighted by molar-refractivity contribution is 5.95. The van der Waals surface area contributed by atoms with Gasteiger partial charge in [-0.1, -0.05) is 6.92 Å². The molecule has 0 amide bonds. The number of nitrogens with zero attached hydrogens (tertiary/aromatic N) is 2. The van der Waals surface area contributed by atoms with Gasteiger partial charge in [0, 0.05) is 24.2 Å². The maximum Gasteiger partial charge on any atom is 0.387 e. The molecule has 1 heterocycles. The van der Waals surface area contributed by atoms with Crippen LogP contribution in [0.2, 0.25) is 0 Å². The summed E-state index contributed by atoms with van der Waals surface area (Å²) in [4.78, 5) is 4.16. The van der Waals surface area contributed by atoms with E-state index in [1.807, 2.05) is 13.0 Å². The van der Waals surface area contributed by atoms with Gasteiger partial charge < -0.3 is 15.2 Å². The largest absolute Gasteiger partial charge is 0.435 e. The average molecular weight is 321 g/mol. The second-order valence-corrected chi connectivity index (χ2v) is 4.98. The zero-order valence-corrected chi connectivity index (χ0v) is 12.6. The predicted octanol–water partition coefficient (Wildman–Crippen LogP) is 3.28. The lowest BCUT2D eigenvalue weighted by atomic mass is 10.1. The van der Waals surface area contributed by atoms with Crippen LogP contribution >= 0.6 is 0 Å². The summed E-state index contributed by atoms with van der Waals surface area (Å²) in [5.41, 5.74) is 1.38. The van der Waals surface area contributed by atoms with Crippen molar-refractivity contribution in [1.82, 2.24) is 4.98 Å². The fourth-order valence-electron chi connectivity index (χ4n) is 2.33. The average Bonchev–Trinajstić information content (AvgIpc) is 2.54. The fourth-order valence-corrected chi connectivity index (χ4v) is 2.33. The van der Waals surface area contributed by atoms with Crippen molar-refractivity contribution in [2.24, 2.45) is 0 Å². The van der Waals surface area contributed by atoms with Gasteiger partial charge in [0.15, 0.2) is 0 Å². The molecule has 0 bridgehead atoms. The van der Waals surface area contributed by atoms with Crippen LogP contribution in [0.1, 0.15) is 25.3 Å². The number of rotatable bonds is 7. The van der Waals surface area contributed by atoms with E-state index in [-0.39, 0.29) is 18.4 Å². The van der Waals surface area contributed by atoms with Crippen LogP contribution in [0.5, 0.6) is 5.75 Å². The summed E-state index contributed by atoms with van der Waals surface area (Å²) in [5, 5.41) is 22.1. The van der Waals surface area contributed by atoms with Crippen LogP contribution in [0.3, 0.4) is 0 Å². The van der Waals surface area contributed by atoms with Crippen LogP contribution in [0, 0.1) is 11.3 Å². The van der Waals surface area contributed by atoms with Crippen LogP contribution in [-0.2, 0) is 0 Å². The first-order chi connectivity index (χ1) is 11.1. The molecular weight excluding hydrogens is 304 g/mol. The van der Waals surface area contributed by atoms with E-state index in [1.54, 1.807) is 6.07 Å². The van der Waals surface area contributed by atoms with Crippen LogP contribution in [0.15, 0.2) is 24.4 Å². The number of nitrogens with one attached hydrogen (secondary N) is 1. The second kappa shape index (κ2) is 7.70. The Kier molecular flexibility index (Phi) is 5.66. The molecule has 0 spiro atoms. The van der Waals surface area contributed by atoms with E-state index in [2.05, 4.69) is 15.0 Å². The SMILES string of the molecule is CCC(CCO)Nc1c(C#N)cnc2ccc(OC(F)F)cc12. The molecule has 2 N–H and O–H groups in total. The van der Waals surface area contributed by atoms with Crippen LogP contribution in [0.4, 0.5) is 14.5 Å². The van der Waals surface area contributed by atoms with Crippen molar-refractivity contribution in [3.8, 4) is 11.8 Å². The molecule has 0 saturated heterocycles. The van der Waals surface area contributed by atoms with E-state index >= 15 is 0 Å². The van der Waals surface area contributed by atoms with Gasteiger partial charge in [0.2, 0.25) is 0 Å². The van der Waals surface area contributed by atoms with Gasteiger partial charge in [-0.05, 0) is 31.0 Å². The molecule has 0 saturated carbocycles. The number of pyridine rings is 1. The zero-order chi connectivity index (χ0) is 16.8. The Balaban J connectivity index is 2.51. The summed E-state index contributed by atoms with van der Waals surface area (Å²) >= 11 is 0. The lowest BCUT2D eigenvalue weighted by Gasteiger charge is -2.19. The minimum atomic E-state index is -2.92. The zero-order valence-electron chi connectivity index (χ0n) is 12.6. The highest BCUT2D eigenvalue weighted by Crippen LogP contribution is 2.30. The molecule has 1 unspecified atom stereocenters. The highest BCUT2D eigenvalue weighted by atomic mass is 19.3. The van der Waals surface area contributed by atoms with Crippen LogP contribution in [0.25, 0.3) is 10.9 Å². The number of nitriles is 1. The van der Waals surface area contributed by atoms with Crippen molar-refractivity contribution in [3.63, 3.8) is 0 Å². The number of hydrogen-bond donors (Lipinski definition) is 2. The monoisotopic (exact) mass is 321 g/mol. The minimum Gasteiger partial charge on any atom is -0.435 e. The number of aromatic nitrogens is 1. The summed E-state index contributed by atoms with van der Waals surface area (Å²) in [5.74, 6) is 0.00245. The molecule has 1 aromatic carbocycles. The number of ether oxygens (including phenoxy) is 1. The molecule has 0 aliphatic rings. The molecule has 2 aromatic rings. The van der Waals surface area contributed by atoms with Gasteiger partial charge in [-0.25, -0.2) is 0 Å². The number of aliphatic hydroxyl groups is 1. The van der Waals surface area contributed by atoms with E-state index in [0.717, 1.165) is 6.42 Å². The van der Waals surface area contributed by atoms with Gasteiger partial charge >= 0.3 is 6.61 Å². The molecule has 1 atom stereocenters. The molecular formula is C16H17F2N3O2. The van der Waals surface area contributed by atoms with Gasteiger partial charge in [0.25, 0.3) is 0 Å². The topological polar surface area (TPSA) is 78.2 Å². The van der Waals surface area contributed by atoms with Crippen molar-refractivity contribution >= 4 is 16.6 Å². The maximum absolute atomic E-state index is 12.4. The van der Waals surface area contributed by atoms with Gasteiger partial charge in [-0.3, -0.25) is 4.98 Å². The first-order valence-corrected chi connectivity index (χ1v) is 7.24. The number of fused-ring (bicyclic) bond motifs is 1. The maximum atomic E-state index is 12.4. The summed E-state index contributed by atoms with van der Waals surface area (Å²) in [6, 6.07) is 6.40. The molecule has 1 aromatic heterocycles. The normalized spacial score (nSPS) is 12.2. The van der Waals surface area contributed by atoms with Crippen molar-refractivity contribution in [1.29, 1.82) is 5.26 Å². The van der Waals surface area contributed by atoms with E-state index in [1.165, 1.54) is 18.3 Å². The standard InChI is InChI=1S/C16H17F2N3O2/c1-2-11(5-6-22)21-15-10(8-19)9-20-14-4-3-12(7-13(14)15)23-16(17)18/h3-4,7,9,11,16,22H,2,5-6H2,1H3,(H,20,21). The summed E-state index contributed by atoms with van der Waals surface area (Å²) in [6.07, 6.45) is 2.69. The summed E-state index contributed by atoms with van der Waals surface area (Å²) < 4.78 is 29.2. The third-order valence-corrected chi connectivity index (χ3v) is 3.50. The van der Waals surface area contributed by atoms with E-state index in [9.17, 15) is 14.0 Å². The Bertz CT molecular complexity index is 716. The minimum absolute atomic E-state index is 0.00245. The molecule has 2 rings (SSSR count). The van der Waals surface area contributed by atoms with E-state index < -0.39 is 6.61 Å². The fraction of sp³-hybridized carbons (Fsp3) is 0.375. The lowest BCUT2D eigenvalue weighted by Crippen LogP contribution is -2.20. The van der Waals surface area contributed by atoms with Gasteiger partial charge in [-0.15, -0.1) is 0 Å². The van der Waals surface area contributed by atoms with Crippen molar-refractivity contribution in [2.45, 2.75) is 32.4 Å². The van der Waals surface area contributed by atoms with Gasteiger partial charge in [-0.2, -0.15) is 14.0 Å². The van der Waals surface area contributed by atoms with Crippen LogP contribution in [-0.4, -0.2) is 29.4 Å². The Labute approximate surface area is 132 Å². The summed E-state index contributed by atoms with van der Waals surface area (Å²) in [7, 11) is 0. The first kappa shape index (κ1) is 16.9. The van der Waals surface area contributed by atoms with E-state index in [4.69, 9.17) is 5.11 Å². The molecule has 23 heavy (non-hydrogen) atoms. The Morgan fingerprint density at radius 3 is 2.83 bits per heavy atom. The number of anilines is 1. The summed E-state index contributed by atoms with van der Waals surface area (Å²) in [6.45, 7) is -0.960. The van der Waals surface area contributed by atoms with Crippen LogP contribution < -0.4 is 10.1 Å². The number of halogens is 2. The number of alkyl halides is 2. The number of aliphatic hydroxyl groups excluding tert-OH is 1. The second-order valence-electron chi connectivity index (χ2n) is 4.98. The smallest absolute Gasteiger partial charge is 0.387 e. The lowest BCUT2D eigenvalue weighted by molar-refractivity contribution is -0.0497. The first-order valence-electron chi connectivity index (χ1n) is 7.24. The molecule has 5 nitrogen and oxygen atoms in total. The number of hydrogen-bond acceptors (Lipinski definition) is 5. The quantitative estimate of drug-likeness (QED) is 0.818. The van der Waals surface area contributed by atoms with Crippen molar-refractivity contribution < 1.29 is 18.6 Å². The molecule has 0 radical (unpaired) electrons. The predicted molar refractivity (Wildman–Crippen MR) is 82.5 cm³/mol. The molecule has 0 fully saturated rings. The Morgan fingerprint density at radius 1 is 1.43 bits per heavy atom. The Hall–Kier alpha value is -2.46. The van der Waals surface area contributed by atoms with Gasteiger partial charge in [0.05, 0.1) is 16.8 Å². The van der Waals surface area contributed by atoms with Crippen molar-refractivity contribution in [2.75, 3.05) is 11.9 Å². The highest BCUT2D eigenvalue weighted by Gasteiger charge is 2.14. The third-order valence-electron chi connectivity index (χ3n) is 3.50. The van der Waals surface area contributed by atoms with Crippen molar-refractivity contribution in [3.05, 3.63) is 30.0 Å². The molecule has 0 aliphatic carbocycles. The molecule has 122 valence electrons. The third kappa shape index (κ3) is 4.05. The molecule has 0 aliphatic heterocycles.